The van der Waals surface area contributed by atoms with Gasteiger partial charge in [-0.25, -0.2) is 0 Å². The fraction of sp³-hybridized carbons (Fsp3) is 0.467. The lowest BCUT2D eigenvalue weighted by molar-refractivity contribution is -0.118. The molecule has 0 unspecified atom stereocenters. The van der Waals surface area contributed by atoms with Crippen LogP contribution >= 0.6 is 0 Å². The topological polar surface area (TPSA) is 74.8 Å². The predicted octanol–water partition coefficient (Wildman–Crippen LogP) is 0.757. The van der Waals surface area contributed by atoms with Gasteiger partial charge in [-0.05, 0) is 19.1 Å². The highest BCUT2D eigenvalue weighted by molar-refractivity contribution is 5.79. The number of hydrogen-bond donors (Lipinski definition) is 3. The van der Waals surface area contributed by atoms with E-state index in [1.807, 2.05) is 37.3 Å². The van der Waals surface area contributed by atoms with E-state index in [2.05, 4.69) is 20.9 Å². The summed E-state index contributed by atoms with van der Waals surface area (Å²) in [4.78, 5) is 15.1. The second-order valence-corrected chi connectivity index (χ2v) is 4.33. The second-order valence-electron chi connectivity index (χ2n) is 4.33. The summed E-state index contributed by atoms with van der Waals surface area (Å²) in [6.07, 6.45) is 0. The zero-order valence-electron chi connectivity index (χ0n) is 12.7. The molecule has 1 aromatic rings. The molecule has 0 atom stereocenters. The number of aliphatic imine (C=N–C) groups is 1. The Morgan fingerprint density at radius 3 is 2.57 bits per heavy atom. The van der Waals surface area contributed by atoms with Crippen LogP contribution < -0.4 is 20.7 Å². The normalized spacial score (nSPS) is 10.9. The molecule has 0 radical (unpaired) electrons. The van der Waals surface area contributed by atoms with E-state index >= 15 is 0 Å². The molecule has 0 fully saturated rings. The van der Waals surface area contributed by atoms with E-state index in [0.29, 0.717) is 26.2 Å². The molecule has 1 amide bonds. The maximum absolute atomic E-state index is 10.8. The van der Waals surface area contributed by atoms with Gasteiger partial charge in [0.2, 0.25) is 5.91 Å². The maximum Gasteiger partial charge on any atom is 0.216 e. The van der Waals surface area contributed by atoms with Gasteiger partial charge in [-0.1, -0.05) is 18.2 Å². The van der Waals surface area contributed by atoms with Crippen LogP contribution in [0.2, 0.25) is 0 Å². The number of carbonyl (C=O) groups excluding carboxylic acids is 1. The Kier molecular flexibility index (Phi) is 8.44. The molecule has 3 N–H and O–H groups in total. The summed E-state index contributed by atoms with van der Waals surface area (Å²) < 4.78 is 5.59. The summed E-state index contributed by atoms with van der Waals surface area (Å²) in [5.41, 5.74) is 0. The van der Waals surface area contributed by atoms with Gasteiger partial charge in [0.15, 0.2) is 5.96 Å². The number of hydrogen-bond acceptors (Lipinski definition) is 3. The molecule has 0 aliphatic carbocycles. The molecule has 1 rings (SSSR count). The van der Waals surface area contributed by atoms with Crippen molar-refractivity contribution in [3.8, 4) is 5.75 Å². The molecule has 0 spiro atoms. The molecule has 0 aliphatic heterocycles. The first kappa shape index (κ1) is 16.8. The summed E-state index contributed by atoms with van der Waals surface area (Å²) in [5, 5.41) is 9.03. The van der Waals surface area contributed by atoms with Crippen LogP contribution in [0.25, 0.3) is 0 Å². The Labute approximate surface area is 126 Å². The molecular weight excluding hydrogens is 268 g/mol. The average Bonchev–Trinajstić information content (AvgIpc) is 2.48. The Hall–Kier alpha value is -2.24. The lowest BCUT2D eigenvalue weighted by atomic mass is 10.3. The van der Waals surface area contributed by atoms with Gasteiger partial charge in [0.1, 0.15) is 12.4 Å². The molecule has 0 saturated carbocycles. The van der Waals surface area contributed by atoms with E-state index in [-0.39, 0.29) is 5.91 Å². The van der Waals surface area contributed by atoms with Gasteiger partial charge in [-0.3, -0.25) is 9.79 Å². The van der Waals surface area contributed by atoms with Gasteiger partial charge in [0.25, 0.3) is 0 Å². The molecule has 6 nitrogen and oxygen atoms in total. The monoisotopic (exact) mass is 292 g/mol. The lowest BCUT2D eigenvalue weighted by Crippen LogP contribution is -2.39. The van der Waals surface area contributed by atoms with Gasteiger partial charge < -0.3 is 20.7 Å². The number of para-hydroxylation sites is 1. The van der Waals surface area contributed by atoms with Crippen molar-refractivity contribution in [2.45, 2.75) is 13.8 Å². The Balaban J connectivity index is 2.23. The predicted molar refractivity (Wildman–Crippen MR) is 84.6 cm³/mol. The standard InChI is InChI=1S/C15H24N4O2/c1-3-16-15(18-10-9-17-13(2)20)19-11-12-21-14-7-5-4-6-8-14/h4-8H,3,9-12H2,1-2H3,(H,17,20)(H2,16,18,19). The molecule has 0 aromatic heterocycles. The largest absolute Gasteiger partial charge is 0.492 e. The molecule has 116 valence electrons. The number of carbonyl (C=O) groups is 1. The quantitative estimate of drug-likeness (QED) is 0.376. The number of rotatable bonds is 8. The van der Waals surface area contributed by atoms with Gasteiger partial charge in [0.05, 0.1) is 13.1 Å². The van der Waals surface area contributed by atoms with E-state index in [1.165, 1.54) is 6.92 Å². The Morgan fingerprint density at radius 1 is 1.14 bits per heavy atom. The highest BCUT2D eigenvalue weighted by Crippen LogP contribution is 2.07. The van der Waals surface area contributed by atoms with Crippen LogP contribution in [-0.4, -0.2) is 44.7 Å². The Bertz CT molecular complexity index is 435. The SMILES string of the molecule is CCNC(=NCCNC(C)=O)NCCOc1ccccc1. The third kappa shape index (κ3) is 8.52. The zero-order chi connectivity index (χ0) is 15.3. The van der Waals surface area contributed by atoms with Gasteiger partial charge in [0, 0.05) is 20.0 Å². The highest BCUT2D eigenvalue weighted by Gasteiger charge is 1.97. The first-order valence-corrected chi connectivity index (χ1v) is 7.17. The average molecular weight is 292 g/mol. The summed E-state index contributed by atoms with van der Waals surface area (Å²) in [6, 6.07) is 9.68. The fourth-order valence-corrected chi connectivity index (χ4v) is 1.60. The number of guanidine groups is 1. The van der Waals surface area contributed by atoms with Gasteiger partial charge in [-0.2, -0.15) is 0 Å². The van der Waals surface area contributed by atoms with Crippen molar-refractivity contribution in [2.75, 3.05) is 32.8 Å². The first-order valence-electron chi connectivity index (χ1n) is 7.17. The van der Waals surface area contributed by atoms with Crippen LogP contribution in [-0.2, 0) is 4.79 Å². The smallest absolute Gasteiger partial charge is 0.216 e. The number of amides is 1. The van der Waals surface area contributed by atoms with E-state index < -0.39 is 0 Å². The van der Waals surface area contributed by atoms with Crippen molar-refractivity contribution in [3.63, 3.8) is 0 Å². The fourth-order valence-electron chi connectivity index (χ4n) is 1.60. The Morgan fingerprint density at radius 2 is 1.90 bits per heavy atom. The van der Waals surface area contributed by atoms with E-state index in [1.54, 1.807) is 0 Å². The van der Waals surface area contributed by atoms with Crippen molar-refractivity contribution in [3.05, 3.63) is 30.3 Å². The maximum atomic E-state index is 10.8. The third-order valence-corrected chi connectivity index (χ3v) is 2.51. The summed E-state index contributed by atoms with van der Waals surface area (Å²) in [7, 11) is 0. The highest BCUT2D eigenvalue weighted by atomic mass is 16.5. The van der Waals surface area contributed by atoms with Crippen LogP contribution in [0.15, 0.2) is 35.3 Å². The van der Waals surface area contributed by atoms with Crippen LogP contribution in [0, 0.1) is 0 Å². The van der Waals surface area contributed by atoms with Crippen molar-refractivity contribution >= 4 is 11.9 Å². The van der Waals surface area contributed by atoms with Gasteiger partial charge >= 0.3 is 0 Å². The van der Waals surface area contributed by atoms with Crippen LogP contribution in [0.1, 0.15) is 13.8 Å². The van der Waals surface area contributed by atoms with E-state index in [0.717, 1.165) is 18.3 Å². The van der Waals surface area contributed by atoms with Gasteiger partial charge in [-0.15, -0.1) is 0 Å². The lowest BCUT2D eigenvalue weighted by Gasteiger charge is -2.12. The molecule has 0 aliphatic rings. The molecule has 0 heterocycles. The van der Waals surface area contributed by atoms with E-state index in [4.69, 9.17) is 4.74 Å². The molecule has 21 heavy (non-hydrogen) atoms. The minimum Gasteiger partial charge on any atom is -0.492 e. The number of nitrogens with zero attached hydrogens (tertiary/aromatic N) is 1. The number of benzene rings is 1. The molecule has 1 aromatic carbocycles. The molecule has 6 heteroatoms. The minimum absolute atomic E-state index is 0.0422. The van der Waals surface area contributed by atoms with Crippen molar-refractivity contribution in [1.29, 1.82) is 0 Å². The van der Waals surface area contributed by atoms with Crippen LogP contribution in [0.5, 0.6) is 5.75 Å². The minimum atomic E-state index is -0.0422. The number of nitrogens with one attached hydrogen (secondary N) is 3. The van der Waals surface area contributed by atoms with Crippen LogP contribution in [0.3, 0.4) is 0 Å². The van der Waals surface area contributed by atoms with Crippen molar-refractivity contribution < 1.29 is 9.53 Å². The summed E-state index contributed by atoms with van der Waals surface area (Å²) >= 11 is 0. The van der Waals surface area contributed by atoms with Crippen LogP contribution in [0.4, 0.5) is 0 Å². The zero-order valence-corrected chi connectivity index (χ0v) is 12.7. The molecular formula is C15H24N4O2. The summed E-state index contributed by atoms with van der Waals surface area (Å²) in [6.45, 7) is 6.56. The van der Waals surface area contributed by atoms with E-state index in [9.17, 15) is 4.79 Å². The van der Waals surface area contributed by atoms with Crippen molar-refractivity contribution in [1.82, 2.24) is 16.0 Å². The first-order chi connectivity index (χ1) is 10.2. The number of ether oxygens (including phenoxy) is 1. The molecule has 0 saturated heterocycles. The van der Waals surface area contributed by atoms with Crippen molar-refractivity contribution in [2.24, 2.45) is 4.99 Å². The summed E-state index contributed by atoms with van der Waals surface area (Å²) in [5.74, 6) is 1.53. The third-order valence-electron chi connectivity index (χ3n) is 2.51. The second kappa shape index (κ2) is 10.5. The molecule has 0 bridgehead atoms.